The molecule has 5 nitrogen and oxygen atoms in total. The first-order chi connectivity index (χ1) is 14.7. The molecule has 0 bridgehead atoms. The number of aryl methyl sites for hydroxylation is 1. The number of halogens is 1. The van der Waals surface area contributed by atoms with Gasteiger partial charge in [0.15, 0.2) is 0 Å². The van der Waals surface area contributed by atoms with Crippen LogP contribution in [0.4, 0.5) is 10.1 Å². The number of anilines is 1. The van der Waals surface area contributed by atoms with Crippen LogP contribution in [-0.2, 0) is 16.4 Å². The van der Waals surface area contributed by atoms with Crippen molar-refractivity contribution in [2.45, 2.75) is 39.0 Å². The van der Waals surface area contributed by atoms with Gasteiger partial charge in [0.1, 0.15) is 5.82 Å². The highest BCUT2D eigenvalue weighted by atomic mass is 32.2. The molecule has 0 radical (unpaired) electrons. The van der Waals surface area contributed by atoms with Crippen LogP contribution in [0.25, 0.3) is 11.1 Å². The second-order valence-electron chi connectivity index (χ2n) is 7.92. The van der Waals surface area contributed by atoms with Gasteiger partial charge in [0.05, 0.1) is 11.3 Å². The molecule has 0 aliphatic heterocycles. The highest BCUT2D eigenvalue weighted by molar-refractivity contribution is 7.92. The molecule has 1 aromatic carbocycles. The molecular formula is C24H26FNO4S. The summed E-state index contributed by atoms with van der Waals surface area (Å²) in [7, 11) is -3.55. The number of hydrogen-bond acceptors (Lipinski definition) is 3. The average molecular weight is 444 g/mol. The Kier molecular flexibility index (Phi) is 6.95. The third-order valence-corrected chi connectivity index (χ3v) is 6.63. The SMILES string of the molecule is CC(C)c1ccc2c(CCCCS(=O)(=O)Nc3ccc(F)cc3)cc(C(=O)O)c-2cc1. The van der Waals surface area contributed by atoms with Crippen molar-refractivity contribution in [2.24, 2.45) is 0 Å². The van der Waals surface area contributed by atoms with E-state index < -0.39 is 21.8 Å². The fourth-order valence-electron chi connectivity index (χ4n) is 3.56. The molecular weight excluding hydrogens is 417 g/mol. The monoisotopic (exact) mass is 443 g/mol. The van der Waals surface area contributed by atoms with Gasteiger partial charge in [-0.3, -0.25) is 4.72 Å². The van der Waals surface area contributed by atoms with E-state index in [2.05, 4.69) is 18.6 Å². The number of hydrogen-bond donors (Lipinski definition) is 2. The van der Waals surface area contributed by atoms with E-state index >= 15 is 0 Å². The van der Waals surface area contributed by atoms with Crippen LogP contribution in [0.2, 0.25) is 0 Å². The Morgan fingerprint density at radius 3 is 2.26 bits per heavy atom. The molecule has 0 amide bonds. The van der Waals surface area contributed by atoms with Gasteiger partial charge in [0, 0.05) is 5.69 Å². The standard InChI is InChI=1S/C24H26FNO4S/c1-16(2)17-6-12-21-18(15-23(24(27)28)22(21)13-7-17)5-3-4-14-31(29,30)26-20-10-8-19(25)9-11-20/h6-13,15-16,26H,3-5,14H2,1-2H3,(H,27,28). The Bertz CT molecular complexity index is 1140. The van der Waals surface area contributed by atoms with Gasteiger partial charge < -0.3 is 5.11 Å². The lowest BCUT2D eigenvalue weighted by Gasteiger charge is -2.08. The summed E-state index contributed by atoms with van der Waals surface area (Å²) in [5.74, 6) is -1.15. The van der Waals surface area contributed by atoms with E-state index in [1.54, 1.807) is 6.07 Å². The fraction of sp³-hybridized carbons (Fsp3) is 0.292. The fourth-order valence-corrected chi connectivity index (χ4v) is 4.74. The van der Waals surface area contributed by atoms with Gasteiger partial charge in [-0.1, -0.05) is 38.1 Å². The van der Waals surface area contributed by atoms with Crippen LogP contribution in [0.1, 0.15) is 54.1 Å². The highest BCUT2D eigenvalue weighted by Crippen LogP contribution is 2.34. The van der Waals surface area contributed by atoms with Crippen LogP contribution in [-0.4, -0.2) is 25.2 Å². The maximum atomic E-state index is 13.0. The molecule has 164 valence electrons. The van der Waals surface area contributed by atoms with E-state index in [1.165, 1.54) is 24.3 Å². The van der Waals surface area contributed by atoms with E-state index in [4.69, 9.17) is 0 Å². The minimum Gasteiger partial charge on any atom is -0.478 e. The predicted molar refractivity (Wildman–Crippen MR) is 121 cm³/mol. The summed E-state index contributed by atoms with van der Waals surface area (Å²) in [6.07, 6.45) is 1.59. The summed E-state index contributed by atoms with van der Waals surface area (Å²) in [4.78, 5) is 11.7. The number of carboxylic acid groups (broad SMARTS) is 1. The lowest BCUT2D eigenvalue weighted by molar-refractivity contribution is 0.0698. The molecule has 2 N–H and O–H groups in total. The number of aromatic carboxylic acids is 1. The van der Waals surface area contributed by atoms with Crippen LogP contribution in [0, 0.1) is 5.82 Å². The first-order valence-corrected chi connectivity index (χ1v) is 11.9. The van der Waals surface area contributed by atoms with Gasteiger partial charge >= 0.3 is 5.97 Å². The normalized spacial score (nSPS) is 11.7. The van der Waals surface area contributed by atoms with E-state index in [0.717, 1.165) is 16.7 Å². The Balaban J connectivity index is 1.68. The first kappa shape index (κ1) is 22.7. The van der Waals surface area contributed by atoms with E-state index in [9.17, 15) is 22.7 Å². The lowest BCUT2D eigenvalue weighted by Crippen LogP contribution is -2.16. The molecule has 31 heavy (non-hydrogen) atoms. The molecule has 3 rings (SSSR count). The van der Waals surface area contributed by atoms with Gasteiger partial charge in [-0.2, -0.15) is 0 Å². The number of rotatable bonds is 9. The molecule has 2 aliphatic rings. The smallest absolute Gasteiger partial charge is 0.336 e. The number of sulfonamides is 1. The number of carboxylic acids is 1. The van der Waals surface area contributed by atoms with E-state index in [-0.39, 0.29) is 11.3 Å². The van der Waals surface area contributed by atoms with Crippen molar-refractivity contribution >= 4 is 21.7 Å². The second-order valence-corrected chi connectivity index (χ2v) is 9.76. The number of benzene rings is 1. The van der Waals surface area contributed by atoms with Crippen molar-refractivity contribution in [3.8, 4) is 11.1 Å². The Morgan fingerprint density at radius 2 is 1.65 bits per heavy atom. The summed E-state index contributed by atoms with van der Waals surface area (Å²) in [6.45, 7) is 4.17. The third-order valence-electron chi connectivity index (χ3n) is 5.25. The highest BCUT2D eigenvalue weighted by Gasteiger charge is 2.20. The van der Waals surface area contributed by atoms with Crippen molar-refractivity contribution in [3.05, 3.63) is 77.1 Å². The molecule has 0 saturated heterocycles. The van der Waals surface area contributed by atoms with Gasteiger partial charge in [0.2, 0.25) is 10.0 Å². The van der Waals surface area contributed by atoms with Crippen LogP contribution < -0.4 is 4.72 Å². The largest absolute Gasteiger partial charge is 0.478 e. The first-order valence-electron chi connectivity index (χ1n) is 10.2. The second kappa shape index (κ2) is 9.47. The molecule has 7 heteroatoms. The molecule has 0 atom stereocenters. The Morgan fingerprint density at radius 1 is 1.00 bits per heavy atom. The maximum Gasteiger partial charge on any atom is 0.336 e. The summed E-state index contributed by atoms with van der Waals surface area (Å²) in [5.41, 5.74) is 4.19. The van der Waals surface area contributed by atoms with Gasteiger partial charge in [0.25, 0.3) is 0 Å². The van der Waals surface area contributed by atoms with Crippen molar-refractivity contribution in [1.82, 2.24) is 0 Å². The molecule has 0 fully saturated rings. The van der Waals surface area contributed by atoms with Crippen LogP contribution in [0.3, 0.4) is 0 Å². The molecule has 0 unspecified atom stereocenters. The van der Waals surface area contributed by atoms with Crippen molar-refractivity contribution < 1.29 is 22.7 Å². The van der Waals surface area contributed by atoms with Crippen LogP contribution >= 0.6 is 0 Å². The predicted octanol–water partition coefficient (Wildman–Crippen LogP) is 5.52. The van der Waals surface area contributed by atoms with Crippen molar-refractivity contribution in [1.29, 1.82) is 0 Å². The van der Waals surface area contributed by atoms with Gasteiger partial charge in [-0.15, -0.1) is 0 Å². The minimum atomic E-state index is -3.55. The number of nitrogens with one attached hydrogen (secondary N) is 1. The zero-order chi connectivity index (χ0) is 22.6. The lowest BCUT2D eigenvalue weighted by atomic mass is 10.0. The van der Waals surface area contributed by atoms with Gasteiger partial charge in [-0.25, -0.2) is 17.6 Å². The molecule has 0 saturated carbocycles. The third kappa shape index (κ3) is 5.82. The van der Waals surface area contributed by atoms with Crippen LogP contribution in [0.15, 0.2) is 54.6 Å². The van der Waals surface area contributed by atoms with Crippen molar-refractivity contribution in [3.63, 3.8) is 0 Å². The topological polar surface area (TPSA) is 83.5 Å². The number of unbranched alkanes of at least 4 members (excludes halogenated alkanes) is 1. The summed E-state index contributed by atoms with van der Waals surface area (Å²) < 4.78 is 39.9. The zero-order valence-corrected chi connectivity index (χ0v) is 18.4. The molecule has 2 aliphatic carbocycles. The summed E-state index contributed by atoms with van der Waals surface area (Å²) in [5, 5.41) is 9.58. The molecule has 0 spiro atoms. The molecule has 0 heterocycles. The van der Waals surface area contributed by atoms with E-state index in [0.29, 0.717) is 36.4 Å². The summed E-state index contributed by atoms with van der Waals surface area (Å²) >= 11 is 0. The Labute approximate surface area is 182 Å². The molecule has 1 aromatic rings. The average Bonchev–Trinajstić information content (AvgIpc) is 2.89. The number of carbonyl (C=O) groups is 1. The minimum absolute atomic E-state index is 0.0694. The van der Waals surface area contributed by atoms with Gasteiger partial charge in [-0.05, 0) is 77.8 Å². The quantitative estimate of drug-likeness (QED) is 0.427. The molecule has 0 aromatic heterocycles. The van der Waals surface area contributed by atoms with Crippen LogP contribution in [0.5, 0.6) is 0 Å². The summed E-state index contributed by atoms with van der Waals surface area (Å²) in [6, 6.07) is 14.6. The number of fused-ring (bicyclic) bond motifs is 1. The maximum absolute atomic E-state index is 13.0. The zero-order valence-electron chi connectivity index (χ0n) is 17.6. The Hall–Kier alpha value is -2.93. The van der Waals surface area contributed by atoms with Crippen molar-refractivity contribution in [2.75, 3.05) is 10.5 Å². The van der Waals surface area contributed by atoms with E-state index in [1.807, 2.05) is 24.3 Å².